The Kier molecular flexibility index (Phi) is 5.00. The van der Waals surface area contributed by atoms with Crippen molar-refractivity contribution < 1.29 is 24.2 Å². The van der Waals surface area contributed by atoms with Gasteiger partial charge in [0.2, 0.25) is 5.78 Å². The minimum Gasteiger partial charge on any atom is -0.458 e. The van der Waals surface area contributed by atoms with Crippen LogP contribution < -0.4 is 0 Å². The number of hydrogen-bond donors (Lipinski definition) is 1. The summed E-state index contributed by atoms with van der Waals surface area (Å²) < 4.78 is 4.98. The minimum absolute atomic E-state index is 0.141. The van der Waals surface area contributed by atoms with Crippen LogP contribution in [0.15, 0.2) is 0 Å². The van der Waals surface area contributed by atoms with Gasteiger partial charge in [0.15, 0.2) is 6.61 Å². The molecule has 0 aromatic carbocycles. The molecule has 0 aliphatic heterocycles. The lowest BCUT2D eigenvalue weighted by molar-refractivity contribution is -0.179. The van der Waals surface area contributed by atoms with Crippen LogP contribution in [0, 0.1) is 40.4 Å². The standard InChI is InChI=1S/C24H36O5/c1-14-11-20-18-6-5-16-12-17(26)7-9-22(16,3)19(18)8-10-23(20,4)24(14,28)21(27)13-29-15(2)25/h14,16,18-20,28H,5-13H2,1-4H3/t14-,16-,18-,19-,20-,22+,23-,24+/m1/s1. The van der Waals surface area contributed by atoms with Crippen molar-refractivity contribution in [2.45, 2.75) is 84.7 Å². The van der Waals surface area contributed by atoms with E-state index in [0.717, 1.165) is 44.9 Å². The van der Waals surface area contributed by atoms with E-state index in [2.05, 4.69) is 13.8 Å². The molecule has 0 spiro atoms. The fourth-order valence-electron chi connectivity index (χ4n) is 8.26. The van der Waals surface area contributed by atoms with Crippen LogP contribution in [-0.4, -0.2) is 34.9 Å². The van der Waals surface area contributed by atoms with Crippen LogP contribution in [0.3, 0.4) is 0 Å². The van der Waals surface area contributed by atoms with Gasteiger partial charge in [-0.1, -0.05) is 20.8 Å². The van der Waals surface area contributed by atoms with Gasteiger partial charge in [-0.15, -0.1) is 0 Å². The molecule has 29 heavy (non-hydrogen) atoms. The Bertz CT molecular complexity index is 731. The Morgan fingerprint density at radius 1 is 1.14 bits per heavy atom. The second-order valence-electron chi connectivity index (χ2n) is 11.0. The van der Waals surface area contributed by atoms with Gasteiger partial charge in [0.25, 0.3) is 0 Å². The van der Waals surface area contributed by atoms with E-state index in [1.54, 1.807) is 0 Å². The third-order valence-electron chi connectivity index (χ3n) is 9.89. The average molecular weight is 405 g/mol. The van der Waals surface area contributed by atoms with Gasteiger partial charge in [-0.05, 0) is 73.5 Å². The molecule has 0 unspecified atom stereocenters. The Labute approximate surface area is 174 Å². The van der Waals surface area contributed by atoms with Gasteiger partial charge < -0.3 is 9.84 Å². The molecule has 162 valence electrons. The van der Waals surface area contributed by atoms with Gasteiger partial charge in [-0.2, -0.15) is 0 Å². The summed E-state index contributed by atoms with van der Waals surface area (Å²) in [5, 5.41) is 11.7. The number of fused-ring (bicyclic) bond motifs is 5. The third-order valence-corrected chi connectivity index (χ3v) is 9.89. The molecule has 4 rings (SSSR count). The zero-order chi connectivity index (χ0) is 21.2. The molecule has 4 fully saturated rings. The van der Waals surface area contributed by atoms with Crippen molar-refractivity contribution >= 4 is 17.5 Å². The molecule has 8 atom stereocenters. The summed E-state index contributed by atoms with van der Waals surface area (Å²) in [6, 6.07) is 0. The first-order valence-corrected chi connectivity index (χ1v) is 11.4. The normalized spacial score (nSPS) is 49.0. The summed E-state index contributed by atoms with van der Waals surface area (Å²) >= 11 is 0. The molecule has 0 amide bonds. The molecular weight excluding hydrogens is 368 g/mol. The number of carbonyl (C=O) groups is 3. The monoisotopic (exact) mass is 404 g/mol. The molecule has 4 aliphatic carbocycles. The number of aliphatic hydroxyl groups is 1. The highest BCUT2D eigenvalue weighted by molar-refractivity contribution is 5.91. The van der Waals surface area contributed by atoms with Gasteiger partial charge in [0.05, 0.1) is 0 Å². The molecule has 0 saturated heterocycles. The van der Waals surface area contributed by atoms with E-state index >= 15 is 0 Å². The van der Waals surface area contributed by atoms with E-state index in [1.807, 2.05) is 6.92 Å². The van der Waals surface area contributed by atoms with E-state index in [4.69, 9.17) is 4.74 Å². The number of esters is 1. The molecule has 1 N–H and O–H groups in total. The highest BCUT2D eigenvalue weighted by atomic mass is 16.5. The average Bonchev–Trinajstić information content (AvgIpc) is 2.88. The van der Waals surface area contributed by atoms with Crippen molar-refractivity contribution in [3.63, 3.8) is 0 Å². The first-order chi connectivity index (χ1) is 13.5. The van der Waals surface area contributed by atoms with Crippen molar-refractivity contribution in [2.75, 3.05) is 6.61 Å². The maximum atomic E-state index is 13.1. The first-order valence-electron chi connectivity index (χ1n) is 11.4. The van der Waals surface area contributed by atoms with E-state index in [9.17, 15) is 19.5 Å². The molecule has 5 nitrogen and oxygen atoms in total. The maximum absolute atomic E-state index is 13.1. The summed E-state index contributed by atoms with van der Waals surface area (Å²) in [5.41, 5.74) is -1.69. The van der Waals surface area contributed by atoms with Gasteiger partial charge in [-0.3, -0.25) is 14.4 Å². The van der Waals surface area contributed by atoms with Crippen LogP contribution >= 0.6 is 0 Å². The topological polar surface area (TPSA) is 80.7 Å². The predicted octanol–water partition coefficient (Wildman–Crippen LogP) is 3.71. The van der Waals surface area contributed by atoms with Crippen LogP contribution in [0.5, 0.6) is 0 Å². The highest BCUT2D eigenvalue weighted by Crippen LogP contribution is 2.69. The SMILES string of the molecule is CC(=O)OCC(=O)[C@@]1(O)[C@H](C)C[C@@H]2[C@@H]3CC[C@@H]4CC(=O)CC[C@]4(C)[C@@H]3CC[C@]21C. The zero-order valence-corrected chi connectivity index (χ0v) is 18.3. The number of Topliss-reactive ketones (excluding diaryl/α,β-unsaturated/α-hetero) is 2. The number of rotatable bonds is 3. The molecule has 4 saturated carbocycles. The number of ketones is 2. The van der Waals surface area contributed by atoms with E-state index < -0.39 is 17.0 Å². The summed E-state index contributed by atoms with van der Waals surface area (Å²) in [5.74, 6) is 1.33. The molecule has 0 bridgehead atoms. The van der Waals surface area contributed by atoms with Crippen LogP contribution in [0.25, 0.3) is 0 Å². The molecule has 5 heteroatoms. The van der Waals surface area contributed by atoms with Gasteiger partial charge in [0.1, 0.15) is 11.4 Å². The first kappa shape index (κ1) is 21.0. The fourth-order valence-corrected chi connectivity index (χ4v) is 8.26. The number of hydrogen-bond acceptors (Lipinski definition) is 5. The van der Waals surface area contributed by atoms with Crippen molar-refractivity contribution in [3.05, 3.63) is 0 Å². The van der Waals surface area contributed by atoms with Crippen LogP contribution in [-0.2, 0) is 19.1 Å². The molecule has 0 aromatic rings. The van der Waals surface area contributed by atoms with Gasteiger partial charge in [-0.25, -0.2) is 0 Å². The molecular formula is C24H36O5. The summed E-state index contributed by atoms with van der Waals surface area (Å²) in [6.45, 7) is 7.44. The Morgan fingerprint density at radius 3 is 2.55 bits per heavy atom. The minimum atomic E-state index is -1.43. The lowest BCUT2D eigenvalue weighted by atomic mass is 9.44. The van der Waals surface area contributed by atoms with Crippen LogP contribution in [0.4, 0.5) is 0 Å². The number of carbonyl (C=O) groups excluding carboxylic acids is 3. The van der Waals surface area contributed by atoms with E-state index in [1.165, 1.54) is 6.92 Å². The highest BCUT2D eigenvalue weighted by Gasteiger charge is 2.69. The van der Waals surface area contributed by atoms with E-state index in [0.29, 0.717) is 35.9 Å². The van der Waals surface area contributed by atoms with Gasteiger partial charge in [0, 0.05) is 25.2 Å². The summed E-state index contributed by atoms with van der Waals surface area (Å²) in [7, 11) is 0. The third kappa shape index (κ3) is 2.86. The van der Waals surface area contributed by atoms with Gasteiger partial charge >= 0.3 is 5.97 Å². The lowest BCUT2D eigenvalue weighted by Crippen LogP contribution is -2.60. The molecule has 4 aliphatic rings. The summed E-state index contributed by atoms with van der Waals surface area (Å²) in [4.78, 5) is 36.3. The van der Waals surface area contributed by atoms with Crippen molar-refractivity contribution in [1.29, 1.82) is 0 Å². The molecule has 0 aromatic heterocycles. The second-order valence-corrected chi connectivity index (χ2v) is 11.0. The van der Waals surface area contributed by atoms with Crippen molar-refractivity contribution in [2.24, 2.45) is 40.4 Å². The van der Waals surface area contributed by atoms with Crippen molar-refractivity contribution in [1.82, 2.24) is 0 Å². The largest absolute Gasteiger partial charge is 0.458 e. The Hall–Kier alpha value is -1.23. The summed E-state index contributed by atoms with van der Waals surface area (Å²) in [6.07, 6.45) is 7.30. The lowest BCUT2D eigenvalue weighted by Gasteiger charge is -2.60. The number of ether oxygens (including phenoxy) is 1. The molecule has 0 radical (unpaired) electrons. The zero-order valence-electron chi connectivity index (χ0n) is 18.3. The second kappa shape index (κ2) is 6.90. The Balaban J connectivity index is 1.62. The van der Waals surface area contributed by atoms with Crippen LogP contribution in [0.1, 0.15) is 79.1 Å². The van der Waals surface area contributed by atoms with Crippen molar-refractivity contribution in [3.8, 4) is 0 Å². The maximum Gasteiger partial charge on any atom is 0.303 e. The quantitative estimate of drug-likeness (QED) is 0.725. The fraction of sp³-hybridized carbons (Fsp3) is 0.875. The Morgan fingerprint density at radius 2 is 1.86 bits per heavy atom. The van der Waals surface area contributed by atoms with Crippen LogP contribution in [0.2, 0.25) is 0 Å². The predicted molar refractivity (Wildman–Crippen MR) is 108 cm³/mol. The molecule has 0 heterocycles. The smallest absolute Gasteiger partial charge is 0.303 e. The van der Waals surface area contributed by atoms with E-state index in [-0.39, 0.29) is 23.7 Å².